The SMILES string of the molecule is CC(C)C(N)c1ccc(I)cn1. The highest BCUT2D eigenvalue weighted by atomic mass is 127. The smallest absolute Gasteiger partial charge is 0.0574 e. The largest absolute Gasteiger partial charge is 0.322 e. The van der Waals surface area contributed by atoms with E-state index in [1.165, 1.54) is 0 Å². The van der Waals surface area contributed by atoms with Crippen molar-refractivity contribution in [3.63, 3.8) is 0 Å². The van der Waals surface area contributed by atoms with Gasteiger partial charge in [0.05, 0.1) is 5.69 Å². The molecule has 0 aliphatic heterocycles. The molecule has 1 aromatic rings. The fraction of sp³-hybridized carbons (Fsp3) is 0.444. The second-order valence-electron chi connectivity index (χ2n) is 3.17. The summed E-state index contributed by atoms with van der Waals surface area (Å²) in [5.74, 6) is 0.442. The summed E-state index contributed by atoms with van der Waals surface area (Å²) in [7, 11) is 0. The Hall–Kier alpha value is -0.160. The van der Waals surface area contributed by atoms with E-state index in [0.29, 0.717) is 5.92 Å². The quantitative estimate of drug-likeness (QED) is 0.842. The highest BCUT2D eigenvalue weighted by molar-refractivity contribution is 14.1. The molecule has 0 bridgehead atoms. The highest BCUT2D eigenvalue weighted by Gasteiger charge is 2.10. The van der Waals surface area contributed by atoms with Crippen LogP contribution in [-0.2, 0) is 0 Å². The minimum absolute atomic E-state index is 0.0574. The van der Waals surface area contributed by atoms with Crippen molar-refractivity contribution in [2.75, 3.05) is 0 Å². The van der Waals surface area contributed by atoms with Gasteiger partial charge in [-0.3, -0.25) is 4.98 Å². The van der Waals surface area contributed by atoms with E-state index in [1.807, 2.05) is 18.3 Å². The third-order valence-electron chi connectivity index (χ3n) is 1.81. The first-order chi connectivity index (χ1) is 5.61. The molecule has 1 aromatic heterocycles. The van der Waals surface area contributed by atoms with Crippen LogP contribution in [0.4, 0.5) is 0 Å². The van der Waals surface area contributed by atoms with E-state index in [1.54, 1.807) is 0 Å². The second kappa shape index (κ2) is 4.18. The van der Waals surface area contributed by atoms with E-state index in [4.69, 9.17) is 5.73 Å². The van der Waals surface area contributed by atoms with Crippen LogP contribution in [0.5, 0.6) is 0 Å². The molecule has 1 rings (SSSR count). The number of hydrogen-bond donors (Lipinski definition) is 1. The number of hydrogen-bond acceptors (Lipinski definition) is 2. The lowest BCUT2D eigenvalue weighted by molar-refractivity contribution is 0.503. The Kier molecular flexibility index (Phi) is 3.46. The Bertz CT molecular complexity index is 243. The molecule has 12 heavy (non-hydrogen) atoms. The van der Waals surface area contributed by atoms with E-state index in [-0.39, 0.29) is 6.04 Å². The van der Waals surface area contributed by atoms with E-state index >= 15 is 0 Å². The zero-order valence-corrected chi connectivity index (χ0v) is 9.45. The maximum atomic E-state index is 5.92. The van der Waals surface area contributed by atoms with Crippen molar-refractivity contribution in [2.45, 2.75) is 19.9 Å². The summed E-state index contributed by atoms with van der Waals surface area (Å²) >= 11 is 2.23. The molecule has 0 amide bonds. The zero-order valence-electron chi connectivity index (χ0n) is 7.29. The second-order valence-corrected chi connectivity index (χ2v) is 4.42. The lowest BCUT2D eigenvalue weighted by atomic mass is 10.0. The summed E-state index contributed by atoms with van der Waals surface area (Å²) in [6.45, 7) is 4.20. The third kappa shape index (κ3) is 2.42. The van der Waals surface area contributed by atoms with Crippen molar-refractivity contribution in [3.05, 3.63) is 27.6 Å². The lowest BCUT2D eigenvalue weighted by Gasteiger charge is -2.14. The van der Waals surface area contributed by atoms with Gasteiger partial charge in [-0.05, 0) is 40.6 Å². The van der Waals surface area contributed by atoms with Gasteiger partial charge in [-0.1, -0.05) is 13.8 Å². The van der Waals surface area contributed by atoms with E-state index < -0.39 is 0 Å². The molecule has 0 radical (unpaired) electrons. The van der Waals surface area contributed by atoms with Gasteiger partial charge in [-0.25, -0.2) is 0 Å². The molecule has 3 heteroatoms. The van der Waals surface area contributed by atoms with Gasteiger partial charge in [0, 0.05) is 15.8 Å². The van der Waals surface area contributed by atoms with E-state index in [0.717, 1.165) is 9.26 Å². The minimum atomic E-state index is 0.0574. The average Bonchev–Trinajstić information content (AvgIpc) is 2.04. The highest BCUT2D eigenvalue weighted by Crippen LogP contribution is 2.16. The van der Waals surface area contributed by atoms with Crippen molar-refractivity contribution in [1.82, 2.24) is 4.98 Å². The van der Waals surface area contributed by atoms with Crippen molar-refractivity contribution in [1.29, 1.82) is 0 Å². The van der Waals surface area contributed by atoms with Crippen LogP contribution >= 0.6 is 22.6 Å². The molecule has 0 aromatic carbocycles. The van der Waals surface area contributed by atoms with Crippen molar-refractivity contribution in [3.8, 4) is 0 Å². The summed E-state index contributed by atoms with van der Waals surface area (Å²) in [6.07, 6.45) is 1.85. The van der Waals surface area contributed by atoms with Gasteiger partial charge in [0.15, 0.2) is 0 Å². The average molecular weight is 276 g/mol. The van der Waals surface area contributed by atoms with Crippen LogP contribution in [0.3, 0.4) is 0 Å². The molecular weight excluding hydrogens is 263 g/mol. The molecular formula is C9H13IN2. The van der Waals surface area contributed by atoms with Crippen LogP contribution < -0.4 is 5.73 Å². The summed E-state index contributed by atoms with van der Waals surface area (Å²) in [4.78, 5) is 4.27. The Balaban J connectivity index is 2.82. The predicted molar refractivity (Wildman–Crippen MR) is 58.7 cm³/mol. The van der Waals surface area contributed by atoms with E-state index in [9.17, 15) is 0 Å². The summed E-state index contributed by atoms with van der Waals surface area (Å²) in [5.41, 5.74) is 6.90. The van der Waals surface area contributed by atoms with Crippen molar-refractivity contribution < 1.29 is 0 Å². The topological polar surface area (TPSA) is 38.9 Å². The summed E-state index contributed by atoms with van der Waals surface area (Å²) < 4.78 is 1.15. The molecule has 0 aliphatic rings. The summed E-state index contributed by atoms with van der Waals surface area (Å²) in [5, 5.41) is 0. The number of nitrogens with zero attached hydrogens (tertiary/aromatic N) is 1. The zero-order chi connectivity index (χ0) is 9.14. The standard InChI is InChI=1S/C9H13IN2/c1-6(2)9(11)8-4-3-7(10)5-12-8/h3-6,9H,11H2,1-2H3. The van der Waals surface area contributed by atoms with Crippen LogP contribution in [0.2, 0.25) is 0 Å². The first kappa shape index (κ1) is 9.92. The van der Waals surface area contributed by atoms with Gasteiger partial charge >= 0.3 is 0 Å². The van der Waals surface area contributed by atoms with Gasteiger partial charge in [0.25, 0.3) is 0 Å². The number of nitrogens with two attached hydrogens (primary N) is 1. The van der Waals surface area contributed by atoms with Crippen molar-refractivity contribution in [2.24, 2.45) is 11.7 Å². The monoisotopic (exact) mass is 276 g/mol. The van der Waals surface area contributed by atoms with Gasteiger partial charge in [-0.2, -0.15) is 0 Å². The maximum absolute atomic E-state index is 5.92. The lowest BCUT2D eigenvalue weighted by Crippen LogP contribution is -2.17. The van der Waals surface area contributed by atoms with Crippen molar-refractivity contribution >= 4 is 22.6 Å². The molecule has 0 aliphatic carbocycles. The molecule has 2 nitrogen and oxygen atoms in total. The molecule has 1 heterocycles. The summed E-state index contributed by atoms with van der Waals surface area (Å²) in [6, 6.07) is 4.08. The third-order valence-corrected chi connectivity index (χ3v) is 2.45. The number of halogens is 1. The first-order valence-electron chi connectivity index (χ1n) is 3.98. The molecule has 2 N–H and O–H groups in total. The normalized spacial score (nSPS) is 13.4. The number of rotatable bonds is 2. The van der Waals surface area contributed by atoms with Crippen LogP contribution in [0.15, 0.2) is 18.3 Å². The molecule has 1 unspecified atom stereocenters. The van der Waals surface area contributed by atoms with Gasteiger partial charge in [0.1, 0.15) is 0 Å². The van der Waals surface area contributed by atoms with E-state index in [2.05, 4.69) is 41.4 Å². The number of aromatic nitrogens is 1. The molecule has 0 saturated carbocycles. The molecule has 0 saturated heterocycles. The Labute approximate surface area is 86.7 Å². The van der Waals surface area contributed by atoms with Gasteiger partial charge < -0.3 is 5.73 Å². The fourth-order valence-corrected chi connectivity index (χ4v) is 1.25. The van der Waals surface area contributed by atoms with Crippen LogP contribution in [0.25, 0.3) is 0 Å². The minimum Gasteiger partial charge on any atom is -0.322 e. The Morgan fingerprint density at radius 1 is 1.42 bits per heavy atom. The number of pyridine rings is 1. The Morgan fingerprint density at radius 2 is 2.08 bits per heavy atom. The van der Waals surface area contributed by atoms with Crippen LogP contribution in [0, 0.1) is 9.49 Å². The fourth-order valence-electron chi connectivity index (χ4n) is 0.926. The van der Waals surface area contributed by atoms with Gasteiger partial charge in [0.2, 0.25) is 0 Å². The Morgan fingerprint density at radius 3 is 2.50 bits per heavy atom. The molecule has 0 fully saturated rings. The van der Waals surface area contributed by atoms with Crippen LogP contribution in [0.1, 0.15) is 25.6 Å². The van der Waals surface area contributed by atoms with Gasteiger partial charge in [-0.15, -0.1) is 0 Å². The first-order valence-corrected chi connectivity index (χ1v) is 5.06. The molecule has 1 atom stereocenters. The predicted octanol–water partition coefficient (Wildman–Crippen LogP) is 2.34. The molecule has 66 valence electrons. The maximum Gasteiger partial charge on any atom is 0.0574 e. The molecule has 0 spiro atoms. The van der Waals surface area contributed by atoms with Crippen LogP contribution in [-0.4, -0.2) is 4.98 Å².